The molecule has 1 aliphatic heterocycles. The van der Waals surface area contributed by atoms with E-state index >= 15 is 0 Å². The molecule has 5 rings (SSSR count). The van der Waals surface area contributed by atoms with Gasteiger partial charge in [-0.05, 0) is 19.9 Å². The van der Waals surface area contributed by atoms with Gasteiger partial charge in [0.1, 0.15) is 10.6 Å². The zero-order chi connectivity index (χ0) is 24.1. The summed E-state index contributed by atoms with van der Waals surface area (Å²) < 4.78 is 5.26. The zero-order valence-electron chi connectivity index (χ0n) is 18.3. The van der Waals surface area contributed by atoms with Gasteiger partial charge in [-0.15, -0.1) is 0 Å². The fourth-order valence-electron chi connectivity index (χ4n) is 4.46. The number of aromatic nitrogens is 2. The van der Waals surface area contributed by atoms with Gasteiger partial charge in [0.15, 0.2) is 5.13 Å². The minimum atomic E-state index is -0.410. The molecule has 0 bridgehead atoms. The molecule has 34 heavy (non-hydrogen) atoms. The predicted octanol–water partition coefficient (Wildman–Crippen LogP) is 5.45. The first-order valence-corrected chi connectivity index (χ1v) is 12.8. The van der Waals surface area contributed by atoms with E-state index in [-0.39, 0.29) is 29.3 Å². The standard InChI is InChI=1S/C23H21Cl3N4O3S/c1-3-33-22(32)20-18(11-6-4-5-7-14(11)24)29-23(34-20)30-8-12-13(9-30)17(12)28-21(31)19-16(26)15(25)10(2)27-19/h4-7,12-13,17,27H,3,8-9H2,1-2H3,(H,28,31)/t12-,13+,17-. The summed E-state index contributed by atoms with van der Waals surface area (Å²) in [7, 11) is 0. The van der Waals surface area contributed by atoms with Crippen LogP contribution < -0.4 is 10.2 Å². The third kappa shape index (κ3) is 4.06. The number of nitrogens with one attached hydrogen (secondary N) is 2. The molecule has 0 radical (unpaired) electrons. The Morgan fingerprint density at radius 2 is 1.91 bits per heavy atom. The molecule has 178 valence electrons. The number of amides is 1. The Hall–Kier alpha value is -2.26. The van der Waals surface area contributed by atoms with Gasteiger partial charge in [0.25, 0.3) is 5.91 Å². The van der Waals surface area contributed by atoms with Gasteiger partial charge in [0.2, 0.25) is 0 Å². The highest BCUT2D eigenvalue weighted by Gasteiger charge is 2.57. The summed E-state index contributed by atoms with van der Waals surface area (Å²) in [6.07, 6.45) is 0. The largest absolute Gasteiger partial charge is 0.462 e. The third-order valence-corrected chi connectivity index (χ3v) is 8.62. The number of thiazole rings is 1. The zero-order valence-corrected chi connectivity index (χ0v) is 21.4. The van der Waals surface area contributed by atoms with Gasteiger partial charge >= 0.3 is 5.97 Å². The van der Waals surface area contributed by atoms with Crippen LogP contribution in [-0.4, -0.2) is 47.6 Å². The third-order valence-electron chi connectivity index (χ3n) is 6.25. The maximum atomic E-state index is 12.7. The molecule has 1 amide bonds. The Bertz CT molecular complexity index is 1280. The highest BCUT2D eigenvalue weighted by Crippen LogP contribution is 2.48. The topological polar surface area (TPSA) is 87.3 Å². The number of aryl methyl sites for hydroxylation is 1. The smallest absolute Gasteiger partial charge is 0.350 e. The van der Waals surface area contributed by atoms with E-state index in [1.54, 1.807) is 19.9 Å². The van der Waals surface area contributed by atoms with E-state index in [0.717, 1.165) is 18.2 Å². The van der Waals surface area contributed by atoms with E-state index in [0.29, 0.717) is 43.7 Å². The molecule has 0 unspecified atom stereocenters. The van der Waals surface area contributed by atoms with Crippen molar-refractivity contribution in [2.24, 2.45) is 11.8 Å². The van der Waals surface area contributed by atoms with Crippen molar-refractivity contribution in [3.8, 4) is 11.3 Å². The number of nitrogens with zero attached hydrogens (tertiary/aromatic N) is 2. The molecular weight excluding hydrogens is 519 g/mol. The van der Waals surface area contributed by atoms with Crippen molar-refractivity contribution in [3.63, 3.8) is 0 Å². The number of carbonyl (C=O) groups excluding carboxylic acids is 2. The van der Waals surface area contributed by atoms with E-state index in [4.69, 9.17) is 44.5 Å². The minimum absolute atomic E-state index is 0.0646. The first-order valence-electron chi connectivity index (χ1n) is 10.8. The van der Waals surface area contributed by atoms with Gasteiger partial charge < -0.3 is 19.9 Å². The fourth-order valence-corrected chi connectivity index (χ4v) is 6.10. The Labute approximate surface area is 215 Å². The minimum Gasteiger partial charge on any atom is -0.462 e. The summed E-state index contributed by atoms with van der Waals surface area (Å²) in [5, 5.41) is 4.93. The van der Waals surface area contributed by atoms with E-state index < -0.39 is 5.97 Å². The van der Waals surface area contributed by atoms with Gasteiger partial charge in [0.05, 0.1) is 27.4 Å². The molecule has 7 nitrogen and oxygen atoms in total. The van der Waals surface area contributed by atoms with Crippen LogP contribution in [0, 0.1) is 18.8 Å². The van der Waals surface area contributed by atoms with Gasteiger partial charge in [0, 0.05) is 42.2 Å². The maximum absolute atomic E-state index is 12.7. The number of benzene rings is 1. The molecule has 1 saturated heterocycles. The Balaban J connectivity index is 1.31. The number of rotatable bonds is 6. The number of ether oxygens (including phenoxy) is 1. The average molecular weight is 540 g/mol. The second-order valence-electron chi connectivity index (χ2n) is 8.36. The van der Waals surface area contributed by atoms with E-state index in [1.165, 1.54) is 11.3 Å². The number of hydrogen-bond acceptors (Lipinski definition) is 6. The molecule has 3 aromatic rings. The summed E-state index contributed by atoms with van der Waals surface area (Å²) >= 11 is 20.0. The van der Waals surface area contributed by atoms with Crippen LogP contribution in [0.15, 0.2) is 24.3 Å². The number of hydrogen-bond donors (Lipinski definition) is 2. The Morgan fingerprint density at radius 3 is 2.53 bits per heavy atom. The van der Waals surface area contributed by atoms with Gasteiger partial charge in [-0.3, -0.25) is 4.79 Å². The summed E-state index contributed by atoms with van der Waals surface area (Å²) in [4.78, 5) is 35.6. The van der Waals surface area contributed by atoms with Crippen LogP contribution in [0.3, 0.4) is 0 Å². The van der Waals surface area contributed by atoms with Crippen LogP contribution in [0.25, 0.3) is 11.3 Å². The average Bonchev–Trinajstić information content (AvgIpc) is 3.20. The first kappa shape index (κ1) is 23.5. The van der Waals surface area contributed by atoms with Crippen LogP contribution in [0.5, 0.6) is 0 Å². The number of fused-ring (bicyclic) bond motifs is 1. The SMILES string of the molecule is CCOC(=O)c1sc(N2C[C@@H]3[C@H](C2)[C@@H]3NC(=O)c2[nH]c(C)c(Cl)c2Cl)nc1-c1ccccc1Cl. The molecule has 0 spiro atoms. The van der Waals surface area contributed by atoms with E-state index in [1.807, 2.05) is 18.2 Å². The lowest BCUT2D eigenvalue weighted by Crippen LogP contribution is -2.34. The Kier molecular flexibility index (Phi) is 6.27. The predicted molar refractivity (Wildman–Crippen MR) is 135 cm³/mol. The molecule has 1 aromatic carbocycles. The van der Waals surface area contributed by atoms with Gasteiger partial charge in [-0.2, -0.15) is 0 Å². The first-order chi connectivity index (χ1) is 16.3. The van der Waals surface area contributed by atoms with Crippen molar-refractivity contribution in [2.75, 3.05) is 24.6 Å². The lowest BCUT2D eigenvalue weighted by molar-refractivity contribution is 0.0532. The molecule has 2 aliphatic rings. The van der Waals surface area contributed by atoms with Gasteiger partial charge in [-0.25, -0.2) is 9.78 Å². The monoisotopic (exact) mass is 538 g/mol. The fraction of sp³-hybridized carbons (Fsp3) is 0.348. The number of piperidine rings is 1. The molecule has 3 atom stereocenters. The molecule has 3 heterocycles. The number of H-pyrrole nitrogens is 1. The molecule has 1 aliphatic carbocycles. The van der Waals surface area contributed by atoms with Crippen LogP contribution in [0.1, 0.15) is 32.8 Å². The van der Waals surface area contributed by atoms with Crippen LogP contribution in [0.4, 0.5) is 5.13 Å². The number of carbonyl (C=O) groups is 2. The quantitative estimate of drug-likeness (QED) is 0.407. The highest BCUT2D eigenvalue weighted by molar-refractivity contribution is 7.18. The highest BCUT2D eigenvalue weighted by atomic mass is 35.5. The van der Waals surface area contributed by atoms with Crippen molar-refractivity contribution in [2.45, 2.75) is 19.9 Å². The van der Waals surface area contributed by atoms with Crippen LogP contribution in [-0.2, 0) is 4.74 Å². The summed E-state index contributed by atoms with van der Waals surface area (Å²) in [6.45, 7) is 5.27. The van der Waals surface area contributed by atoms with Crippen molar-refractivity contribution in [1.82, 2.24) is 15.3 Å². The summed E-state index contributed by atoms with van der Waals surface area (Å²) in [5.41, 5.74) is 2.17. The lowest BCUT2D eigenvalue weighted by Gasteiger charge is -2.19. The number of esters is 1. The Morgan fingerprint density at radius 1 is 1.21 bits per heavy atom. The lowest BCUT2D eigenvalue weighted by atomic mass is 10.1. The molecular formula is C23H21Cl3N4O3S. The second kappa shape index (κ2) is 9.07. The summed E-state index contributed by atoms with van der Waals surface area (Å²) in [5.74, 6) is -0.0702. The molecule has 2 aromatic heterocycles. The molecule has 11 heteroatoms. The number of anilines is 1. The number of halogens is 3. The van der Waals surface area contributed by atoms with Crippen molar-refractivity contribution >= 4 is 63.1 Å². The summed E-state index contributed by atoms with van der Waals surface area (Å²) in [6, 6.07) is 7.37. The van der Waals surface area contributed by atoms with Crippen molar-refractivity contribution in [3.05, 3.63) is 55.6 Å². The second-order valence-corrected chi connectivity index (χ2v) is 10.5. The normalized spacial score (nSPS) is 20.9. The van der Waals surface area contributed by atoms with Crippen LogP contribution in [0.2, 0.25) is 15.1 Å². The van der Waals surface area contributed by atoms with Crippen molar-refractivity contribution < 1.29 is 14.3 Å². The van der Waals surface area contributed by atoms with E-state index in [9.17, 15) is 9.59 Å². The molecule has 2 N–H and O–H groups in total. The molecule has 2 fully saturated rings. The van der Waals surface area contributed by atoms with Gasteiger partial charge in [-0.1, -0.05) is 64.3 Å². The van der Waals surface area contributed by atoms with Crippen LogP contribution >= 0.6 is 46.1 Å². The number of aromatic amines is 1. The molecule has 1 saturated carbocycles. The van der Waals surface area contributed by atoms with Crippen molar-refractivity contribution in [1.29, 1.82) is 0 Å². The maximum Gasteiger partial charge on any atom is 0.350 e. The van der Waals surface area contributed by atoms with E-state index in [2.05, 4.69) is 15.2 Å².